The number of phenols is 1. The molecule has 0 atom stereocenters. The number of aromatic nitrogens is 3. The average Bonchev–Trinajstić information content (AvgIpc) is 3.22. The Morgan fingerprint density at radius 3 is 1.74 bits per heavy atom. The van der Waals surface area contributed by atoms with Crippen molar-refractivity contribution in [1.82, 2.24) is 15.0 Å². The molecular weight excluding hydrogens is 647 g/mol. The predicted octanol–water partition coefficient (Wildman–Crippen LogP) is 12.5. The first-order chi connectivity index (χ1) is 26.2. The van der Waals surface area contributed by atoms with E-state index in [9.17, 15) is 5.11 Å². The van der Waals surface area contributed by atoms with Crippen molar-refractivity contribution in [3.05, 3.63) is 182 Å². The Morgan fingerprint density at radius 2 is 0.887 bits per heavy atom. The molecule has 0 fully saturated rings. The van der Waals surface area contributed by atoms with E-state index in [1.807, 2.05) is 36.4 Å². The van der Waals surface area contributed by atoms with E-state index in [0.29, 0.717) is 23.0 Å². The van der Waals surface area contributed by atoms with E-state index in [4.69, 9.17) is 15.0 Å². The topological polar surface area (TPSA) is 58.9 Å². The Kier molecular flexibility index (Phi) is 7.26. The van der Waals surface area contributed by atoms with Crippen LogP contribution in [-0.2, 0) is 0 Å². The van der Waals surface area contributed by atoms with E-state index in [-0.39, 0.29) is 5.75 Å². The maximum Gasteiger partial charge on any atom is 0.164 e. The van der Waals surface area contributed by atoms with E-state index in [1.54, 1.807) is 6.07 Å². The van der Waals surface area contributed by atoms with Gasteiger partial charge >= 0.3 is 0 Å². The zero-order valence-corrected chi connectivity index (χ0v) is 28.6. The van der Waals surface area contributed by atoms with Gasteiger partial charge in [0, 0.05) is 22.3 Å². The highest BCUT2D eigenvalue weighted by Gasteiger charge is 2.20. The summed E-state index contributed by atoms with van der Waals surface area (Å²) in [6.45, 7) is 0. The first-order valence-corrected chi connectivity index (χ1v) is 17.7. The number of phenolic OH excluding ortho intramolecular Hbond substituents is 1. The lowest BCUT2D eigenvalue weighted by molar-refractivity contribution is 0.477. The van der Waals surface area contributed by atoms with Gasteiger partial charge in [-0.1, -0.05) is 158 Å². The van der Waals surface area contributed by atoms with Gasteiger partial charge < -0.3 is 5.11 Å². The zero-order chi connectivity index (χ0) is 35.3. The lowest BCUT2D eigenvalue weighted by Crippen LogP contribution is -2.02. The summed E-state index contributed by atoms with van der Waals surface area (Å²) in [6, 6.07) is 62.3. The van der Waals surface area contributed by atoms with Crippen molar-refractivity contribution in [2.24, 2.45) is 0 Å². The number of benzene rings is 9. The van der Waals surface area contributed by atoms with Crippen molar-refractivity contribution >= 4 is 43.1 Å². The third-order valence-electron chi connectivity index (χ3n) is 10.2. The van der Waals surface area contributed by atoms with Gasteiger partial charge in [-0.3, -0.25) is 0 Å². The van der Waals surface area contributed by atoms with Crippen LogP contribution in [0.1, 0.15) is 0 Å². The standard InChI is InChI=1S/C49H31N3O/c53-45-25-11-24-43(46(45)36-18-9-17-34(29-36)39-23-10-16-32-13-3-5-19-38(32)39)48-50-47(37-27-26-31-12-1-2-14-33(31)28-37)51-49(52-48)44-30-35-15-4-6-20-40(35)41-21-7-8-22-42(41)44/h1-30,53H. The van der Waals surface area contributed by atoms with Crippen LogP contribution in [0.15, 0.2) is 182 Å². The molecule has 0 aliphatic heterocycles. The largest absolute Gasteiger partial charge is 0.507 e. The third-order valence-corrected chi connectivity index (χ3v) is 10.2. The Labute approximate surface area is 306 Å². The van der Waals surface area contributed by atoms with Crippen LogP contribution in [0, 0.1) is 0 Å². The van der Waals surface area contributed by atoms with Crippen molar-refractivity contribution in [2.45, 2.75) is 0 Å². The van der Waals surface area contributed by atoms with Gasteiger partial charge in [0.2, 0.25) is 0 Å². The molecule has 53 heavy (non-hydrogen) atoms. The molecule has 0 saturated heterocycles. The molecule has 4 heteroatoms. The number of fused-ring (bicyclic) bond motifs is 5. The molecule has 10 rings (SSSR count). The molecule has 0 spiro atoms. The highest BCUT2D eigenvalue weighted by atomic mass is 16.3. The molecule has 248 valence electrons. The van der Waals surface area contributed by atoms with E-state index >= 15 is 0 Å². The van der Waals surface area contributed by atoms with Gasteiger partial charge in [0.15, 0.2) is 17.5 Å². The van der Waals surface area contributed by atoms with Gasteiger partial charge in [-0.05, 0) is 84.0 Å². The van der Waals surface area contributed by atoms with Crippen molar-refractivity contribution in [1.29, 1.82) is 0 Å². The summed E-state index contributed by atoms with van der Waals surface area (Å²) in [5.41, 5.74) is 6.25. The summed E-state index contributed by atoms with van der Waals surface area (Å²) in [6.07, 6.45) is 0. The first kappa shape index (κ1) is 30.6. The SMILES string of the molecule is Oc1cccc(-c2nc(-c3ccc4ccccc4c3)nc(-c3cc4ccccc4c4ccccc34)n2)c1-c1cccc(-c2cccc3ccccc23)c1. The summed E-state index contributed by atoms with van der Waals surface area (Å²) >= 11 is 0. The summed E-state index contributed by atoms with van der Waals surface area (Å²) in [4.78, 5) is 15.6. The lowest BCUT2D eigenvalue weighted by Gasteiger charge is -2.16. The number of hydrogen-bond donors (Lipinski definition) is 1. The maximum absolute atomic E-state index is 11.6. The van der Waals surface area contributed by atoms with E-state index < -0.39 is 0 Å². The predicted molar refractivity (Wildman–Crippen MR) is 219 cm³/mol. The average molecular weight is 678 g/mol. The van der Waals surface area contributed by atoms with Gasteiger partial charge in [0.1, 0.15) is 5.75 Å². The van der Waals surface area contributed by atoms with Gasteiger partial charge in [-0.25, -0.2) is 15.0 Å². The van der Waals surface area contributed by atoms with Crippen molar-refractivity contribution < 1.29 is 5.11 Å². The molecule has 0 unspecified atom stereocenters. The smallest absolute Gasteiger partial charge is 0.164 e. The molecule has 0 bridgehead atoms. The fraction of sp³-hybridized carbons (Fsp3) is 0. The van der Waals surface area contributed by atoms with Crippen LogP contribution in [0.5, 0.6) is 5.75 Å². The highest BCUT2D eigenvalue weighted by Crippen LogP contribution is 2.41. The first-order valence-electron chi connectivity index (χ1n) is 17.7. The second-order valence-electron chi connectivity index (χ2n) is 13.4. The van der Waals surface area contributed by atoms with Crippen LogP contribution in [0.25, 0.3) is 99.5 Å². The van der Waals surface area contributed by atoms with Crippen molar-refractivity contribution in [3.8, 4) is 62.2 Å². The van der Waals surface area contributed by atoms with Crippen LogP contribution in [-0.4, -0.2) is 20.1 Å². The monoisotopic (exact) mass is 677 g/mol. The minimum Gasteiger partial charge on any atom is -0.507 e. The van der Waals surface area contributed by atoms with Gasteiger partial charge in [-0.2, -0.15) is 0 Å². The van der Waals surface area contributed by atoms with E-state index in [0.717, 1.165) is 60.3 Å². The van der Waals surface area contributed by atoms with Gasteiger partial charge in [0.25, 0.3) is 0 Å². The molecule has 1 heterocycles. The van der Waals surface area contributed by atoms with Crippen LogP contribution in [0.4, 0.5) is 0 Å². The molecule has 4 nitrogen and oxygen atoms in total. The van der Waals surface area contributed by atoms with E-state index in [2.05, 4.69) is 140 Å². The molecule has 10 aromatic rings. The molecule has 9 aromatic carbocycles. The Hall–Kier alpha value is -7.17. The minimum absolute atomic E-state index is 0.156. The van der Waals surface area contributed by atoms with Crippen molar-refractivity contribution in [2.75, 3.05) is 0 Å². The number of nitrogens with zero attached hydrogens (tertiary/aromatic N) is 3. The molecule has 0 radical (unpaired) electrons. The van der Waals surface area contributed by atoms with Crippen molar-refractivity contribution in [3.63, 3.8) is 0 Å². The fourth-order valence-electron chi connectivity index (χ4n) is 7.66. The Balaban J connectivity index is 1.21. The molecule has 0 saturated carbocycles. The second-order valence-corrected chi connectivity index (χ2v) is 13.4. The quantitative estimate of drug-likeness (QED) is 0.184. The van der Waals surface area contributed by atoms with Crippen LogP contribution in [0.3, 0.4) is 0 Å². The molecular formula is C49H31N3O. The minimum atomic E-state index is 0.156. The maximum atomic E-state index is 11.6. The number of aromatic hydroxyl groups is 1. The molecule has 1 N–H and O–H groups in total. The van der Waals surface area contributed by atoms with Crippen LogP contribution < -0.4 is 0 Å². The Bertz CT molecular complexity index is 3030. The number of hydrogen-bond acceptors (Lipinski definition) is 4. The number of rotatable bonds is 5. The molecule has 0 amide bonds. The summed E-state index contributed by atoms with van der Waals surface area (Å²) in [5, 5.41) is 20.7. The molecule has 0 aliphatic rings. The van der Waals surface area contributed by atoms with Crippen LogP contribution in [0.2, 0.25) is 0 Å². The van der Waals surface area contributed by atoms with E-state index in [1.165, 1.54) is 16.2 Å². The third kappa shape index (κ3) is 5.36. The molecule has 0 aliphatic carbocycles. The van der Waals surface area contributed by atoms with Gasteiger partial charge in [0.05, 0.1) is 0 Å². The Morgan fingerprint density at radius 1 is 0.302 bits per heavy atom. The summed E-state index contributed by atoms with van der Waals surface area (Å²) < 4.78 is 0. The normalized spacial score (nSPS) is 11.5. The summed E-state index contributed by atoms with van der Waals surface area (Å²) in [5.74, 6) is 1.77. The highest BCUT2D eigenvalue weighted by molar-refractivity contribution is 6.13. The lowest BCUT2D eigenvalue weighted by atomic mass is 9.93. The zero-order valence-electron chi connectivity index (χ0n) is 28.6. The second kappa shape index (κ2) is 12.6. The summed E-state index contributed by atoms with van der Waals surface area (Å²) in [7, 11) is 0. The van der Waals surface area contributed by atoms with Crippen LogP contribution >= 0.6 is 0 Å². The van der Waals surface area contributed by atoms with Gasteiger partial charge in [-0.15, -0.1) is 0 Å². The fourth-order valence-corrected chi connectivity index (χ4v) is 7.66. The molecule has 1 aromatic heterocycles.